The molecule has 0 heterocycles. The molecule has 1 atom stereocenters. The standard InChI is InChI=1S/C19H22ClN3O6S/c1-3-22(4-2)30(28,29)15-9-10-17(20)16(11-15)19(25)21-12-18(24)13-5-7-14(8-6-13)23(26)27/h5-11,18,24H,3-4,12H2,1-2H3,(H,21,25). The Morgan fingerprint density at radius 2 is 1.80 bits per heavy atom. The van der Waals surface area contributed by atoms with E-state index in [0.29, 0.717) is 5.56 Å². The number of non-ortho nitro benzene ring substituents is 1. The van der Waals surface area contributed by atoms with Crippen molar-refractivity contribution in [2.45, 2.75) is 24.8 Å². The van der Waals surface area contributed by atoms with Gasteiger partial charge in [-0.25, -0.2) is 8.42 Å². The summed E-state index contributed by atoms with van der Waals surface area (Å²) in [4.78, 5) is 22.6. The molecule has 0 saturated heterocycles. The molecule has 0 saturated carbocycles. The van der Waals surface area contributed by atoms with Crippen molar-refractivity contribution in [3.63, 3.8) is 0 Å². The zero-order valence-electron chi connectivity index (χ0n) is 16.4. The number of rotatable bonds is 9. The smallest absolute Gasteiger partial charge is 0.269 e. The monoisotopic (exact) mass is 455 g/mol. The molecule has 162 valence electrons. The summed E-state index contributed by atoms with van der Waals surface area (Å²) in [6.07, 6.45) is -1.11. The Kier molecular flexibility index (Phi) is 7.90. The second-order valence-electron chi connectivity index (χ2n) is 6.31. The molecule has 9 nitrogen and oxygen atoms in total. The third-order valence-electron chi connectivity index (χ3n) is 4.47. The second-order valence-corrected chi connectivity index (χ2v) is 8.65. The number of amides is 1. The van der Waals surface area contributed by atoms with Gasteiger partial charge in [0.1, 0.15) is 0 Å². The minimum atomic E-state index is -3.77. The van der Waals surface area contributed by atoms with Gasteiger partial charge in [-0.1, -0.05) is 25.4 Å². The van der Waals surface area contributed by atoms with Crippen LogP contribution >= 0.6 is 11.6 Å². The number of sulfonamides is 1. The number of hydrogen-bond acceptors (Lipinski definition) is 6. The quantitative estimate of drug-likeness (QED) is 0.441. The molecule has 1 amide bonds. The Hall–Kier alpha value is -2.53. The van der Waals surface area contributed by atoms with Gasteiger partial charge in [0.2, 0.25) is 10.0 Å². The molecule has 0 fully saturated rings. The normalized spacial score (nSPS) is 12.6. The van der Waals surface area contributed by atoms with E-state index in [4.69, 9.17) is 11.6 Å². The fourth-order valence-corrected chi connectivity index (χ4v) is 4.46. The number of nitro benzene ring substituents is 1. The minimum absolute atomic E-state index is 0.0409. The van der Waals surface area contributed by atoms with Crippen LogP contribution in [0.2, 0.25) is 5.02 Å². The Labute approximate surface area is 179 Å². The summed E-state index contributed by atoms with van der Waals surface area (Å²) in [5.41, 5.74) is 0.221. The van der Waals surface area contributed by atoms with Crippen LogP contribution in [0, 0.1) is 10.1 Å². The summed E-state index contributed by atoms with van der Waals surface area (Å²) in [6.45, 7) is 3.79. The van der Waals surface area contributed by atoms with E-state index < -0.39 is 27.0 Å². The fraction of sp³-hybridized carbons (Fsp3) is 0.316. The summed E-state index contributed by atoms with van der Waals surface area (Å²) in [5.74, 6) is -0.655. The topological polar surface area (TPSA) is 130 Å². The molecular formula is C19H22ClN3O6S. The molecular weight excluding hydrogens is 434 g/mol. The van der Waals surface area contributed by atoms with Crippen LogP contribution in [0.15, 0.2) is 47.4 Å². The van der Waals surface area contributed by atoms with E-state index in [0.717, 1.165) is 0 Å². The number of aliphatic hydroxyl groups excluding tert-OH is 1. The average Bonchev–Trinajstić information content (AvgIpc) is 2.72. The molecule has 0 radical (unpaired) electrons. The first-order valence-corrected chi connectivity index (χ1v) is 10.9. The predicted octanol–water partition coefficient (Wildman–Crippen LogP) is 2.74. The maximum Gasteiger partial charge on any atom is 0.269 e. The van der Waals surface area contributed by atoms with E-state index in [1.54, 1.807) is 13.8 Å². The molecule has 1 unspecified atom stereocenters. The number of hydrogen-bond donors (Lipinski definition) is 2. The third kappa shape index (κ3) is 5.33. The number of nitrogens with zero attached hydrogens (tertiary/aromatic N) is 2. The van der Waals surface area contributed by atoms with Crippen molar-refractivity contribution in [1.82, 2.24) is 9.62 Å². The van der Waals surface area contributed by atoms with E-state index in [-0.39, 0.29) is 40.8 Å². The first-order valence-electron chi connectivity index (χ1n) is 9.12. The van der Waals surface area contributed by atoms with Gasteiger partial charge in [0.25, 0.3) is 11.6 Å². The van der Waals surface area contributed by atoms with Gasteiger partial charge >= 0.3 is 0 Å². The van der Waals surface area contributed by atoms with Crippen molar-refractivity contribution in [2.24, 2.45) is 0 Å². The highest BCUT2D eigenvalue weighted by atomic mass is 35.5. The lowest BCUT2D eigenvalue weighted by atomic mass is 10.1. The number of halogens is 1. The summed E-state index contributed by atoms with van der Waals surface area (Å²) in [7, 11) is -3.77. The number of nitrogens with one attached hydrogen (secondary N) is 1. The second kappa shape index (κ2) is 9.98. The highest BCUT2D eigenvalue weighted by Crippen LogP contribution is 2.23. The van der Waals surface area contributed by atoms with Gasteiger partial charge in [-0.05, 0) is 35.9 Å². The largest absolute Gasteiger partial charge is 0.387 e. The van der Waals surface area contributed by atoms with Gasteiger partial charge in [0.15, 0.2) is 0 Å². The van der Waals surface area contributed by atoms with Crippen LogP contribution in [0.5, 0.6) is 0 Å². The number of aliphatic hydroxyl groups is 1. The number of nitro groups is 1. The van der Waals surface area contributed by atoms with Gasteiger partial charge in [-0.15, -0.1) is 0 Å². The van der Waals surface area contributed by atoms with Gasteiger partial charge < -0.3 is 10.4 Å². The molecule has 2 aromatic rings. The van der Waals surface area contributed by atoms with Crippen LogP contribution in [0.4, 0.5) is 5.69 Å². The molecule has 2 N–H and O–H groups in total. The number of benzene rings is 2. The summed E-state index contributed by atoms with van der Waals surface area (Å²) in [6, 6.07) is 9.14. The lowest BCUT2D eigenvalue weighted by Crippen LogP contribution is -2.31. The zero-order valence-corrected chi connectivity index (χ0v) is 18.0. The van der Waals surface area contributed by atoms with Crippen molar-refractivity contribution >= 4 is 33.2 Å². The molecule has 0 spiro atoms. The zero-order chi connectivity index (χ0) is 22.5. The minimum Gasteiger partial charge on any atom is -0.387 e. The average molecular weight is 456 g/mol. The lowest BCUT2D eigenvalue weighted by Gasteiger charge is -2.19. The van der Waals surface area contributed by atoms with E-state index in [9.17, 15) is 28.4 Å². The van der Waals surface area contributed by atoms with Crippen molar-refractivity contribution in [3.05, 3.63) is 68.7 Å². The van der Waals surface area contributed by atoms with Crippen molar-refractivity contribution < 1.29 is 23.2 Å². The van der Waals surface area contributed by atoms with Gasteiger partial charge in [0.05, 0.1) is 26.5 Å². The Morgan fingerprint density at radius 1 is 1.20 bits per heavy atom. The number of carbonyl (C=O) groups is 1. The molecule has 0 bridgehead atoms. The van der Waals surface area contributed by atoms with Gasteiger partial charge in [-0.2, -0.15) is 4.31 Å². The van der Waals surface area contributed by atoms with E-state index in [2.05, 4.69) is 5.32 Å². The molecule has 2 aromatic carbocycles. The van der Waals surface area contributed by atoms with Crippen LogP contribution in [0.1, 0.15) is 35.9 Å². The summed E-state index contributed by atoms with van der Waals surface area (Å²) < 4.78 is 26.6. The molecule has 0 aromatic heterocycles. The third-order valence-corrected chi connectivity index (χ3v) is 6.85. The van der Waals surface area contributed by atoms with E-state index >= 15 is 0 Å². The van der Waals surface area contributed by atoms with Crippen LogP contribution in [-0.4, -0.2) is 48.3 Å². The van der Waals surface area contributed by atoms with Crippen molar-refractivity contribution in [3.8, 4) is 0 Å². The maximum absolute atomic E-state index is 12.7. The van der Waals surface area contributed by atoms with Crippen LogP contribution < -0.4 is 5.32 Å². The maximum atomic E-state index is 12.7. The Balaban J connectivity index is 2.16. The number of carbonyl (C=O) groups excluding carboxylic acids is 1. The highest BCUT2D eigenvalue weighted by molar-refractivity contribution is 7.89. The first-order chi connectivity index (χ1) is 14.1. The Bertz CT molecular complexity index is 1020. The predicted molar refractivity (Wildman–Crippen MR) is 112 cm³/mol. The molecule has 0 aliphatic carbocycles. The van der Waals surface area contributed by atoms with E-state index in [1.807, 2.05) is 0 Å². The van der Waals surface area contributed by atoms with Gasteiger partial charge in [0, 0.05) is 31.8 Å². The molecule has 30 heavy (non-hydrogen) atoms. The van der Waals surface area contributed by atoms with Crippen LogP contribution in [-0.2, 0) is 10.0 Å². The molecule has 2 rings (SSSR count). The highest BCUT2D eigenvalue weighted by Gasteiger charge is 2.24. The first kappa shape index (κ1) is 23.7. The SMILES string of the molecule is CCN(CC)S(=O)(=O)c1ccc(Cl)c(C(=O)NCC(O)c2ccc([N+](=O)[O-])cc2)c1. The van der Waals surface area contributed by atoms with Gasteiger partial charge in [-0.3, -0.25) is 14.9 Å². The van der Waals surface area contributed by atoms with Crippen molar-refractivity contribution in [2.75, 3.05) is 19.6 Å². The van der Waals surface area contributed by atoms with Crippen LogP contribution in [0.3, 0.4) is 0 Å². The summed E-state index contributed by atoms with van der Waals surface area (Å²) in [5, 5.41) is 23.5. The fourth-order valence-electron chi connectivity index (χ4n) is 2.77. The lowest BCUT2D eigenvalue weighted by molar-refractivity contribution is -0.384. The molecule has 0 aliphatic rings. The summed E-state index contributed by atoms with van der Waals surface area (Å²) >= 11 is 6.07. The van der Waals surface area contributed by atoms with E-state index in [1.165, 1.54) is 46.8 Å². The van der Waals surface area contributed by atoms with Crippen molar-refractivity contribution in [1.29, 1.82) is 0 Å². The Morgan fingerprint density at radius 3 is 2.33 bits per heavy atom. The van der Waals surface area contributed by atoms with Crippen LogP contribution in [0.25, 0.3) is 0 Å². The molecule has 11 heteroatoms. The molecule has 0 aliphatic heterocycles.